The average molecular weight is 505 g/mol. The van der Waals surface area contributed by atoms with Crippen molar-refractivity contribution in [1.29, 1.82) is 0 Å². The molecule has 0 saturated carbocycles. The van der Waals surface area contributed by atoms with Gasteiger partial charge >= 0.3 is 5.97 Å². The van der Waals surface area contributed by atoms with Crippen molar-refractivity contribution in [1.82, 2.24) is 20.9 Å². The lowest BCUT2D eigenvalue weighted by atomic mass is 10.0. The van der Waals surface area contributed by atoms with E-state index < -0.39 is 66.8 Å². The van der Waals surface area contributed by atoms with Crippen molar-refractivity contribution >= 4 is 40.5 Å². The van der Waals surface area contributed by atoms with Gasteiger partial charge in [-0.15, -0.1) is 0 Å². The van der Waals surface area contributed by atoms with Gasteiger partial charge in [-0.05, 0) is 17.5 Å². The zero-order chi connectivity index (χ0) is 27.0. The molecule has 10 N–H and O–H groups in total. The van der Waals surface area contributed by atoms with Gasteiger partial charge in [0, 0.05) is 23.5 Å². The number of rotatable bonds is 13. The number of nitrogens with two attached hydrogens (primary N) is 2. The zero-order valence-electron chi connectivity index (χ0n) is 20.0. The van der Waals surface area contributed by atoms with Crippen LogP contribution in [0.2, 0.25) is 0 Å². The Labute approximate surface area is 207 Å². The molecule has 0 fully saturated rings. The summed E-state index contributed by atoms with van der Waals surface area (Å²) in [6.45, 7) is 2.58. The van der Waals surface area contributed by atoms with Crippen LogP contribution in [-0.2, 0) is 30.4 Å². The highest BCUT2D eigenvalue weighted by molar-refractivity contribution is 5.96. The predicted octanol–water partition coefficient (Wildman–Crippen LogP) is -1.90. The zero-order valence-corrected chi connectivity index (χ0v) is 20.0. The molecule has 0 bridgehead atoms. The molecule has 196 valence electrons. The average Bonchev–Trinajstić information content (AvgIpc) is 3.23. The summed E-state index contributed by atoms with van der Waals surface area (Å²) >= 11 is 0. The summed E-state index contributed by atoms with van der Waals surface area (Å²) in [5, 5.41) is 26.8. The van der Waals surface area contributed by atoms with E-state index in [2.05, 4.69) is 20.9 Å². The van der Waals surface area contributed by atoms with Gasteiger partial charge in [0.1, 0.15) is 18.1 Å². The normalized spacial score (nSPS) is 14.5. The SMILES string of the molecule is CC(C)C(N)C(=O)NC(CO)C(=O)NC(CC(N)=O)C(=O)NC(Cc1c[nH]c2ccccc12)C(=O)O. The van der Waals surface area contributed by atoms with E-state index in [1.54, 1.807) is 32.2 Å². The van der Waals surface area contributed by atoms with Crippen LogP contribution in [0.1, 0.15) is 25.8 Å². The molecule has 4 atom stereocenters. The Morgan fingerprint density at radius 3 is 2.11 bits per heavy atom. The first-order chi connectivity index (χ1) is 16.9. The predicted molar refractivity (Wildman–Crippen MR) is 129 cm³/mol. The van der Waals surface area contributed by atoms with E-state index >= 15 is 0 Å². The molecule has 1 aromatic carbocycles. The molecule has 36 heavy (non-hydrogen) atoms. The molecular weight excluding hydrogens is 472 g/mol. The summed E-state index contributed by atoms with van der Waals surface area (Å²) in [7, 11) is 0. The molecule has 0 spiro atoms. The van der Waals surface area contributed by atoms with Crippen LogP contribution in [0.15, 0.2) is 30.5 Å². The molecule has 4 unspecified atom stereocenters. The van der Waals surface area contributed by atoms with Gasteiger partial charge in [0.15, 0.2) is 0 Å². The third kappa shape index (κ3) is 7.52. The first-order valence-corrected chi connectivity index (χ1v) is 11.3. The summed E-state index contributed by atoms with van der Waals surface area (Å²) in [4.78, 5) is 64.1. The van der Waals surface area contributed by atoms with Gasteiger partial charge in [-0.25, -0.2) is 4.79 Å². The number of aliphatic hydroxyl groups excluding tert-OH is 1. The van der Waals surface area contributed by atoms with Crippen LogP contribution in [0.25, 0.3) is 10.9 Å². The molecule has 2 rings (SSSR count). The van der Waals surface area contributed by atoms with E-state index in [1.165, 1.54) is 0 Å². The maximum atomic E-state index is 12.9. The lowest BCUT2D eigenvalue weighted by molar-refractivity contribution is -0.142. The van der Waals surface area contributed by atoms with E-state index in [-0.39, 0.29) is 12.3 Å². The van der Waals surface area contributed by atoms with Crippen LogP contribution >= 0.6 is 0 Å². The Hall–Kier alpha value is -3.97. The number of fused-ring (bicyclic) bond motifs is 1. The molecule has 0 aliphatic rings. The monoisotopic (exact) mass is 504 g/mol. The second kappa shape index (κ2) is 12.7. The fraction of sp³-hybridized carbons (Fsp3) is 0.435. The molecule has 13 heteroatoms. The number of hydrogen-bond donors (Lipinski definition) is 8. The highest BCUT2D eigenvalue weighted by Gasteiger charge is 2.31. The molecule has 0 radical (unpaired) electrons. The molecule has 0 aliphatic heterocycles. The lowest BCUT2D eigenvalue weighted by Gasteiger charge is -2.24. The van der Waals surface area contributed by atoms with Gasteiger partial charge in [-0.1, -0.05) is 32.0 Å². The molecule has 0 aliphatic carbocycles. The number of aliphatic hydroxyl groups is 1. The number of aromatic nitrogens is 1. The largest absolute Gasteiger partial charge is 0.480 e. The third-order valence-electron chi connectivity index (χ3n) is 5.59. The fourth-order valence-corrected chi connectivity index (χ4v) is 3.44. The van der Waals surface area contributed by atoms with Crippen molar-refractivity contribution in [3.63, 3.8) is 0 Å². The van der Waals surface area contributed by atoms with E-state index in [0.717, 1.165) is 10.9 Å². The van der Waals surface area contributed by atoms with Gasteiger partial charge in [0.25, 0.3) is 0 Å². The smallest absolute Gasteiger partial charge is 0.326 e. The summed E-state index contributed by atoms with van der Waals surface area (Å²) in [6.07, 6.45) is 0.908. The lowest BCUT2D eigenvalue weighted by Crippen LogP contribution is -2.59. The van der Waals surface area contributed by atoms with Crippen LogP contribution < -0.4 is 27.4 Å². The number of para-hydroxylation sites is 1. The second-order valence-corrected chi connectivity index (χ2v) is 8.71. The fourth-order valence-electron chi connectivity index (χ4n) is 3.44. The van der Waals surface area contributed by atoms with Crippen molar-refractivity contribution in [3.8, 4) is 0 Å². The second-order valence-electron chi connectivity index (χ2n) is 8.71. The molecule has 2 aromatic rings. The highest BCUT2D eigenvalue weighted by Crippen LogP contribution is 2.19. The minimum Gasteiger partial charge on any atom is -0.480 e. The Morgan fingerprint density at radius 2 is 1.53 bits per heavy atom. The quantitative estimate of drug-likeness (QED) is 0.153. The highest BCUT2D eigenvalue weighted by atomic mass is 16.4. The number of carboxylic acid groups (broad SMARTS) is 1. The number of primary amides is 1. The van der Waals surface area contributed by atoms with Crippen LogP contribution in [0, 0.1) is 5.92 Å². The van der Waals surface area contributed by atoms with Crippen LogP contribution in [0.3, 0.4) is 0 Å². The third-order valence-corrected chi connectivity index (χ3v) is 5.59. The van der Waals surface area contributed by atoms with E-state index in [1.807, 2.05) is 12.1 Å². The van der Waals surface area contributed by atoms with E-state index in [0.29, 0.717) is 5.56 Å². The number of H-pyrrole nitrogens is 1. The Morgan fingerprint density at radius 1 is 0.944 bits per heavy atom. The number of amides is 4. The van der Waals surface area contributed by atoms with Crippen molar-refractivity contribution in [2.24, 2.45) is 17.4 Å². The van der Waals surface area contributed by atoms with Gasteiger partial charge in [0.2, 0.25) is 23.6 Å². The topological polar surface area (TPSA) is 230 Å². The maximum absolute atomic E-state index is 12.9. The number of aliphatic carboxylic acids is 1. The van der Waals surface area contributed by atoms with Crippen molar-refractivity contribution in [2.75, 3.05) is 6.61 Å². The van der Waals surface area contributed by atoms with Crippen molar-refractivity contribution in [3.05, 3.63) is 36.0 Å². The first kappa shape index (κ1) is 28.3. The molecular formula is C23H32N6O7. The number of carboxylic acids is 1. The molecule has 4 amide bonds. The summed E-state index contributed by atoms with van der Waals surface area (Å²) in [6, 6.07) is 1.86. The summed E-state index contributed by atoms with van der Waals surface area (Å²) in [5.41, 5.74) is 12.4. The Bertz CT molecular complexity index is 1120. The number of carbonyl (C=O) groups excluding carboxylic acids is 4. The minimum absolute atomic E-state index is 0.0786. The Balaban J connectivity index is 2.14. The van der Waals surface area contributed by atoms with Crippen LogP contribution in [0.5, 0.6) is 0 Å². The maximum Gasteiger partial charge on any atom is 0.326 e. The van der Waals surface area contributed by atoms with Gasteiger partial charge < -0.3 is 42.6 Å². The van der Waals surface area contributed by atoms with Crippen LogP contribution in [0.4, 0.5) is 0 Å². The molecule has 13 nitrogen and oxygen atoms in total. The number of aromatic amines is 1. The standard InChI is InChI=1S/C23H32N6O7/c1-11(2)19(25)22(34)29-17(10-30)21(33)27-15(8-18(24)31)20(32)28-16(23(35)36)7-12-9-26-14-6-4-3-5-13(12)14/h3-6,9,11,15-17,19,26,30H,7-8,10,25H2,1-2H3,(H2,24,31)(H,27,33)(H,28,32)(H,29,34)(H,35,36). The van der Waals surface area contributed by atoms with Crippen molar-refractivity contribution < 1.29 is 34.2 Å². The van der Waals surface area contributed by atoms with E-state index in [9.17, 15) is 34.2 Å². The number of nitrogens with one attached hydrogen (secondary N) is 4. The molecule has 1 heterocycles. The summed E-state index contributed by atoms with van der Waals surface area (Å²) < 4.78 is 0. The summed E-state index contributed by atoms with van der Waals surface area (Å²) in [5.74, 6) is -5.17. The van der Waals surface area contributed by atoms with Crippen molar-refractivity contribution in [2.45, 2.75) is 50.9 Å². The minimum atomic E-state index is -1.55. The molecule has 1 aromatic heterocycles. The number of hydrogen-bond acceptors (Lipinski definition) is 7. The van der Waals surface area contributed by atoms with Gasteiger partial charge in [-0.3, -0.25) is 19.2 Å². The van der Waals surface area contributed by atoms with Gasteiger partial charge in [-0.2, -0.15) is 0 Å². The molecule has 0 saturated heterocycles. The van der Waals surface area contributed by atoms with E-state index in [4.69, 9.17) is 11.5 Å². The first-order valence-electron chi connectivity index (χ1n) is 11.3. The number of benzene rings is 1. The van der Waals surface area contributed by atoms with Gasteiger partial charge in [0.05, 0.1) is 19.1 Å². The van der Waals surface area contributed by atoms with Crippen LogP contribution in [-0.4, -0.2) is 75.6 Å². The number of carbonyl (C=O) groups is 5. The Kier molecular flexibility index (Phi) is 9.93.